The zero-order chi connectivity index (χ0) is 21.3. The molecular weight excluding hydrogens is 416 g/mol. The van der Waals surface area contributed by atoms with E-state index in [0.717, 1.165) is 52.4 Å². The lowest BCUT2D eigenvalue weighted by molar-refractivity contribution is -0.172. The average molecular weight is 439 g/mol. The van der Waals surface area contributed by atoms with Crippen LogP contribution in [0.15, 0.2) is 42.6 Å². The SMILES string of the molecule is Cn1cc(-c2cccc(C(N)=S)c2)c2ccc(CNC(=O)C34CC(N)(C3)C4)c(Cl)c21. The second kappa shape index (κ2) is 6.54. The molecule has 3 fully saturated rings. The number of hydrogen-bond acceptors (Lipinski definition) is 3. The third-order valence-corrected chi connectivity index (χ3v) is 7.27. The van der Waals surface area contributed by atoms with Crippen molar-refractivity contribution < 1.29 is 4.79 Å². The minimum Gasteiger partial charge on any atom is -0.389 e. The Morgan fingerprint density at radius 3 is 2.67 bits per heavy atom. The Hall–Kier alpha value is -2.41. The number of carbonyl (C=O) groups excluding carboxylic acids is 1. The van der Waals surface area contributed by atoms with Crippen molar-refractivity contribution in [3.8, 4) is 11.1 Å². The molecule has 0 unspecified atom stereocenters. The van der Waals surface area contributed by atoms with Crippen molar-refractivity contribution in [1.29, 1.82) is 0 Å². The first kappa shape index (κ1) is 19.5. The number of amides is 1. The van der Waals surface area contributed by atoms with Gasteiger partial charge < -0.3 is 21.4 Å². The maximum Gasteiger partial charge on any atom is 0.226 e. The summed E-state index contributed by atoms with van der Waals surface area (Å²) < 4.78 is 2.02. The van der Waals surface area contributed by atoms with E-state index in [-0.39, 0.29) is 16.9 Å². The molecule has 30 heavy (non-hydrogen) atoms. The predicted molar refractivity (Wildman–Crippen MR) is 124 cm³/mol. The number of rotatable bonds is 5. The van der Waals surface area contributed by atoms with E-state index in [1.807, 2.05) is 41.9 Å². The highest BCUT2D eigenvalue weighted by molar-refractivity contribution is 7.80. The zero-order valence-corrected chi connectivity index (χ0v) is 18.2. The molecule has 2 bridgehead atoms. The third kappa shape index (κ3) is 2.86. The van der Waals surface area contributed by atoms with Crippen LogP contribution in [-0.2, 0) is 18.4 Å². The van der Waals surface area contributed by atoms with Crippen LogP contribution in [0.5, 0.6) is 0 Å². The number of fused-ring (bicyclic) bond motifs is 1. The van der Waals surface area contributed by atoms with Crippen molar-refractivity contribution >= 4 is 45.6 Å². The lowest BCUT2D eigenvalue weighted by Gasteiger charge is -2.67. The molecule has 2 aromatic carbocycles. The van der Waals surface area contributed by atoms with Gasteiger partial charge in [-0.25, -0.2) is 0 Å². The maximum atomic E-state index is 12.6. The number of hydrogen-bond donors (Lipinski definition) is 3. The highest BCUT2D eigenvalue weighted by Gasteiger charge is 2.69. The van der Waals surface area contributed by atoms with E-state index in [9.17, 15) is 4.79 Å². The number of halogens is 1. The first-order chi connectivity index (χ1) is 14.2. The number of nitrogens with zero attached hydrogens (tertiary/aromatic N) is 1. The molecule has 3 saturated carbocycles. The summed E-state index contributed by atoms with van der Waals surface area (Å²) in [5, 5.41) is 4.76. The Kier molecular flexibility index (Phi) is 4.26. The highest BCUT2D eigenvalue weighted by Crippen LogP contribution is 2.65. The van der Waals surface area contributed by atoms with Gasteiger partial charge in [-0.2, -0.15) is 0 Å². The van der Waals surface area contributed by atoms with Gasteiger partial charge in [0.25, 0.3) is 0 Å². The van der Waals surface area contributed by atoms with Crippen molar-refractivity contribution in [2.75, 3.05) is 0 Å². The predicted octanol–water partition coefficient (Wildman–Crippen LogP) is 3.63. The first-order valence-electron chi connectivity index (χ1n) is 9.95. The Morgan fingerprint density at radius 1 is 1.27 bits per heavy atom. The number of nitrogens with one attached hydrogen (secondary N) is 1. The van der Waals surface area contributed by atoms with Crippen LogP contribution in [-0.4, -0.2) is 21.0 Å². The molecule has 5 nitrogen and oxygen atoms in total. The lowest BCUT2D eigenvalue weighted by Crippen LogP contribution is -2.76. The lowest BCUT2D eigenvalue weighted by atomic mass is 9.39. The number of nitrogens with two attached hydrogens (primary N) is 2. The fraction of sp³-hybridized carbons (Fsp3) is 0.304. The fourth-order valence-electron chi connectivity index (χ4n) is 5.17. The molecule has 0 saturated heterocycles. The Balaban J connectivity index is 1.44. The van der Waals surface area contributed by atoms with E-state index < -0.39 is 0 Å². The average Bonchev–Trinajstić information content (AvgIpc) is 3.01. The zero-order valence-electron chi connectivity index (χ0n) is 16.7. The van der Waals surface area contributed by atoms with Crippen LogP contribution in [0.4, 0.5) is 0 Å². The van der Waals surface area contributed by atoms with Gasteiger partial charge in [-0.3, -0.25) is 4.79 Å². The fourth-order valence-corrected chi connectivity index (χ4v) is 5.66. The molecule has 3 aromatic rings. The molecule has 7 heteroatoms. The number of benzene rings is 2. The van der Waals surface area contributed by atoms with Crippen molar-refractivity contribution in [1.82, 2.24) is 9.88 Å². The van der Waals surface area contributed by atoms with Crippen LogP contribution in [0.25, 0.3) is 22.0 Å². The van der Waals surface area contributed by atoms with Gasteiger partial charge in [0.05, 0.1) is 16.0 Å². The molecule has 1 amide bonds. The standard InChI is InChI=1S/C23H23ClN4OS/c1-28-9-17(13-3-2-4-14(7-13)20(25)30)16-6-5-15(18(24)19(16)28)8-27-21(29)22-10-23(26,11-22)12-22/h2-7,9H,8,10-12,26H2,1H3,(H2,25,30)(H,27,29). The summed E-state index contributed by atoms with van der Waals surface area (Å²) in [5.74, 6) is 0.0909. The summed E-state index contributed by atoms with van der Waals surface area (Å²) in [7, 11) is 1.97. The molecule has 1 aromatic heterocycles. The van der Waals surface area contributed by atoms with Crippen LogP contribution in [0.2, 0.25) is 5.02 Å². The monoisotopic (exact) mass is 438 g/mol. The molecule has 5 N–H and O–H groups in total. The smallest absolute Gasteiger partial charge is 0.226 e. The quantitative estimate of drug-likeness (QED) is 0.531. The van der Waals surface area contributed by atoms with Crippen molar-refractivity contribution in [2.24, 2.45) is 23.9 Å². The van der Waals surface area contributed by atoms with Crippen LogP contribution in [0.3, 0.4) is 0 Å². The molecular formula is C23H23ClN4OS. The Bertz CT molecular complexity index is 1210. The van der Waals surface area contributed by atoms with Crippen LogP contribution in [0.1, 0.15) is 30.4 Å². The molecule has 0 radical (unpaired) electrons. The van der Waals surface area contributed by atoms with Gasteiger partial charge >= 0.3 is 0 Å². The number of thiocarbonyl (C=S) groups is 1. The molecule has 3 aliphatic rings. The summed E-state index contributed by atoms with van der Waals surface area (Å²) in [5.41, 5.74) is 16.3. The van der Waals surface area contributed by atoms with Gasteiger partial charge in [0, 0.05) is 41.8 Å². The van der Waals surface area contributed by atoms with Crippen molar-refractivity contribution in [3.05, 3.63) is 58.7 Å². The molecule has 154 valence electrons. The van der Waals surface area contributed by atoms with Gasteiger partial charge in [-0.05, 0) is 36.5 Å². The van der Waals surface area contributed by atoms with Gasteiger partial charge in [-0.15, -0.1) is 0 Å². The van der Waals surface area contributed by atoms with Crippen molar-refractivity contribution in [2.45, 2.75) is 31.3 Å². The molecule has 0 atom stereocenters. The molecule has 0 spiro atoms. The van der Waals surface area contributed by atoms with E-state index in [2.05, 4.69) is 17.6 Å². The second-order valence-corrected chi connectivity index (χ2v) is 9.71. The molecule has 3 aliphatic carbocycles. The van der Waals surface area contributed by atoms with Crippen LogP contribution >= 0.6 is 23.8 Å². The molecule has 6 rings (SSSR count). The summed E-state index contributed by atoms with van der Waals surface area (Å²) in [4.78, 5) is 13.0. The highest BCUT2D eigenvalue weighted by atomic mass is 35.5. The van der Waals surface area contributed by atoms with Gasteiger partial charge in [0.1, 0.15) is 4.99 Å². The summed E-state index contributed by atoms with van der Waals surface area (Å²) >= 11 is 11.9. The molecule has 1 heterocycles. The topological polar surface area (TPSA) is 86.1 Å². The normalized spacial score (nSPS) is 24.2. The second-order valence-electron chi connectivity index (χ2n) is 8.89. The summed E-state index contributed by atoms with van der Waals surface area (Å²) in [6.07, 6.45) is 4.45. The first-order valence-corrected chi connectivity index (χ1v) is 10.7. The van der Waals surface area contributed by atoms with Crippen LogP contribution < -0.4 is 16.8 Å². The Labute approximate surface area is 185 Å². The number of carbonyl (C=O) groups is 1. The summed E-state index contributed by atoms with van der Waals surface area (Å²) in [6, 6.07) is 11.9. The largest absolute Gasteiger partial charge is 0.389 e. The van der Waals surface area contributed by atoms with Gasteiger partial charge in [0.2, 0.25) is 5.91 Å². The van der Waals surface area contributed by atoms with Gasteiger partial charge in [0.15, 0.2) is 0 Å². The van der Waals surface area contributed by atoms with E-state index in [1.165, 1.54) is 0 Å². The van der Waals surface area contributed by atoms with Crippen molar-refractivity contribution in [3.63, 3.8) is 0 Å². The summed E-state index contributed by atoms with van der Waals surface area (Å²) in [6.45, 7) is 0.407. The third-order valence-electron chi connectivity index (χ3n) is 6.61. The van der Waals surface area contributed by atoms with E-state index >= 15 is 0 Å². The van der Waals surface area contributed by atoms with Gasteiger partial charge in [-0.1, -0.05) is 54.2 Å². The molecule has 0 aliphatic heterocycles. The minimum atomic E-state index is -0.238. The Morgan fingerprint density at radius 2 is 2.00 bits per heavy atom. The number of aryl methyl sites for hydroxylation is 1. The number of aromatic nitrogens is 1. The van der Waals surface area contributed by atoms with E-state index in [0.29, 0.717) is 16.6 Å². The van der Waals surface area contributed by atoms with Crippen LogP contribution in [0, 0.1) is 5.41 Å². The van der Waals surface area contributed by atoms with E-state index in [4.69, 9.17) is 35.3 Å². The van der Waals surface area contributed by atoms with E-state index in [1.54, 1.807) is 0 Å². The minimum absolute atomic E-state index is 0.0850. The maximum absolute atomic E-state index is 12.6.